The highest BCUT2D eigenvalue weighted by atomic mass is 32.1. The van der Waals surface area contributed by atoms with Crippen molar-refractivity contribution in [2.75, 3.05) is 20.4 Å². The van der Waals surface area contributed by atoms with Gasteiger partial charge in [0, 0.05) is 40.0 Å². The number of methoxy groups -OCH3 is 1. The van der Waals surface area contributed by atoms with Gasteiger partial charge < -0.3 is 23.8 Å². The van der Waals surface area contributed by atoms with Crippen LogP contribution in [0.15, 0.2) is 110 Å². The fourth-order valence-corrected chi connectivity index (χ4v) is 12.0. The number of hydrogen-bond donors (Lipinski definition) is 1. The summed E-state index contributed by atoms with van der Waals surface area (Å²) in [6.45, 7) is 16.0. The fourth-order valence-electron chi connectivity index (χ4n) is 9.23. The van der Waals surface area contributed by atoms with E-state index in [1.165, 1.54) is 35.4 Å². The average Bonchev–Trinajstić information content (AvgIpc) is 4.15. The van der Waals surface area contributed by atoms with E-state index >= 15 is 0 Å². The van der Waals surface area contributed by atoms with Crippen LogP contribution in [0, 0.1) is 12.5 Å². The number of aliphatic hydroxyl groups is 1. The average molecular weight is 888 g/mol. The number of pyridine rings is 1. The maximum atomic E-state index is 10.0. The first-order chi connectivity index (χ1) is 30.7. The maximum absolute atomic E-state index is 10.0. The Morgan fingerprint density at radius 1 is 0.921 bits per heavy atom. The Morgan fingerprint density at radius 3 is 2.29 bits per heavy atom. The molecule has 0 spiro atoms. The summed E-state index contributed by atoms with van der Waals surface area (Å²) in [5.74, 6) is 1.51. The van der Waals surface area contributed by atoms with Crippen molar-refractivity contribution in [3.8, 4) is 16.2 Å². The first kappa shape index (κ1) is 45.0. The van der Waals surface area contributed by atoms with Crippen LogP contribution in [0.25, 0.3) is 26.4 Å². The van der Waals surface area contributed by atoms with E-state index in [1.54, 1.807) is 7.11 Å². The topological polar surface area (TPSA) is 105 Å². The summed E-state index contributed by atoms with van der Waals surface area (Å²) >= 11 is 1.86. The first-order valence-electron chi connectivity index (χ1n) is 22.0. The molecule has 1 aliphatic carbocycles. The lowest BCUT2D eigenvalue weighted by Crippen LogP contribution is -2.39. The third-order valence-electron chi connectivity index (χ3n) is 12.2. The molecular weight excluding hydrogens is 830 g/mol. The quantitative estimate of drug-likeness (QED) is 0.0483. The smallest absolute Gasteiger partial charge is 0.324 e. The van der Waals surface area contributed by atoms with Crippen molar-refractivity contribution in [1.82, 2.24) is 19.2 Å². The summed E-state index contributed by atoms with van der Waals surface area (Å²) in [4.78, 5) is 16.0. The molecule has 5 atom stereocenters. The Balaban J connectivity index is 1.17. The number of rotatable bonds is 19. The lowest BCUT2D eigenvalue weighted by atomic mass is 9.79. The largest absolute Gasteiger partial charge is 0.497 e. The second kappa shape index (κ2) is 20.5. The summed E-state index contributed by atoms with van der Waals surface area (Å²) in [5.41, 5.74) is 5.02. The second-order valence-corrected chi connectivity index (χ2v) is 19.6. The molecule has 6 aromatic rings. The van der Waals surface area contributed by atoms with Crippen LogP contribution in [0.2, 0.25) is 0 Å². The highest BCUT2D eigenvalue weighted by molar-refractivity contribution is 7.44. The van der Waals surface area contributed by atoms with Gasteiger partial charge in [-0.25, -0.2) is 25.7 Å². The van der Waals surface area contributed by atoms with Gasteiger partial charge in [-0.1, -0.05) is 92.4 Å². The molecule has 8 rings (SSSR count). The molecule has 1 saturated heterocycles. The van der Waals surface area contributed by atoms with E-state index in [4.69, 9.17) is 39.8 Å². The lowest BCUT2D eigenvalue weighted by Gasteiger charge is -2.38. The molecular formula is C50H58N5O6PS. The van der Waals surface area contributed by atoms with Crippen molar-refractivity contribution in [2.45, 2.75) is 109 Å². The Labute approximate surface area is 376 Å². The van der Waals surface area contributed by atoms with Gasteiger partial charge in [0.1, 0.15) is 29.2 Å². The van der Waals surface area contributed by atoms with Crippen molar-refractivity contribution in [2.24, 2.45) is 5.92 Å². The van der Waals surface area contributed by atoms with E-state index < -0.39 is 32.6 Å². The molecule has 13 heteroatoms. The van der Waals surface area contributed by atoms with E-state index in [1.807, 2.05) is 95.2 Å². The normalized spacial score (nSPS) is 19.6. The maximum Gasteiger partial charge on any atom is 0.324 e. The Bertz CT molecular complexity index is 2370. The highest BCUT2D eigenvalue weighted by Gasteiger charge is 2.45. The van der Waals surface area contributed by atoms with Crippen LogP contribution in [0.5, 0.6) is 5.75 Å². The van der Waals surface area contributed by atoms with E-state index in [-0.39, 0.29) is 32.0 Å². The summed E-state index contributed by atoms with van der Waals surface area (Å²) < 4.78 is 37.6. The number of thiophene rings is 1. The van der Waals surface area contributed by atoms with Gasteiger partial charge in [-0.05, 0) is 92.6 Å². The molecule has 11 nitrogen and oxygen atoms in total. The van der Waals surface area contributed by atoms with Crippen molar-refractivity contribution in [1.29, 1.82) is 0 Å². The van der Waals surface area contributed by atoms with Crippen LogP contribution in [0.3, 0.4) is 0 Å². The van der Waals surface area contributed by atoms with E-state index in [0.717, 1.165) is 57.1 Å². The van der Waals surface area contributed by atoms with Crippen LogP contribution in [0.1, 0.15) is 93.2 Å². The van der Waals surface area contributed by atoms with Crippen molar-refractivity contribution in [3.05, 3.63) is 148 Å². The SMILES string of the molecule is [C-]#[N+]COP(O[C@@H]1C[C@H](n2cnc3c(-c4ccc(CC5CCCC5)s4)ccnc32)O[C@@H]1COC(c1ccccc1)(c1ccc(CO)cc1)c1ccc(OC)cc1)N(C(C)C)C(C)C. The van der Waals surface area contributed by atoms with Gasteiger partial charge in [0.05, 0.1) is 32.8 Å². The number of nitrogens with zero attached hydrogens (tertiary/aromatic N) is 5. The Kier molecular flexibility index (Phi) is 14.7. The third kappa shape index (κ3) is 9.78. The molecule has 1 saturated carbocycles. The Morgan fingerprint density at radius 2 is 1.62 bits per heavy atom. The van der Waals surface area contributed by atoms with Crippen molar-refractivity contribution < 1.29 is 28.4 Å². The fraction of sp³-hybridized carbons (Fsp3) is 0.420. The molecule has 2 aliphatic rings. The van der Waals surface area contributed by atoms with Crippen LogP contribution in [-0.4, -0.2) is 69.1 Å². The molecule has 63 heavy (non-hydrogen) atoms. The predicted octanol–water partition coefficient (Wildman–Crippen LogP) is 11.3. The van der Waals surface area contributed by atoms with Crippen LogP contribution in [-0.2, 0) is 37.1 Å². The molecule has 0 bridgehead atoms. The zero-order chi connectivity index (χ0) is 43.9. The number of ether oxygens (including phenoxy) is 3. The number of hydrogen-bond acceptors (Lipinski definition) is 10. The van der Waals surface area contributed by atoms with Crippen LogP contribution in [0.4, 0.5) is 0 Å². The second-order valence-electron chi connectivity index (χ2n) is 17.0. The number of aromatic nitrogens is 3. The molecule has 2 fully saturated rings. The van der Waals surface area contributed by atoms with Gasteiger partial charge in [0.15, 0.2) is 5.65 Å². The van der Waals surface area contributed by atoms with Gasteiger partial charge in [0.25, 0.3) is 8.53 Å². The molecule has 2 unspecified atom stereocenters. The van der Waals surface area contributed by atoms with Gasteiger partial charge in [-0.3, -0.25) is 9.41 Å². The zero-order valence-corrected chi connectivity index (χ0v) is 38.5. The summed E-state index contributed by atoms with van der Waals surface area (Å²) in [7, 11) is -0.0142. The van der Waals surface area contributed by atoms with Gasteiger partial charge >= 0.3 is 6.73 Å². The van der Waals surface area contributed by atoms with Gasteiger partial charge in [0.2, 0.25) is 0 Å². The number of benzene rings is 3. The molecule has 1 N–H and O–H groups in total. The minimum absolute atomic E-state index is 0.0747. The van der Waals surface area contributed by atoms with Crippen LogP contribution < -0.4 is 4.74 Å². The lowest BCUT2D eigenvalue weighted by molar-refractivity contribution is -0.0911. The summed E-state index contributed by atoms with van der Waals surface area (Å²) in [5, 5.41) is 10.0. The number of imidazole rings is 1. The number of fused-ring (bicyclic) bond motifs is 1. The highest BCUT2D eigenvalue weighted by Crippen LogP contribution is 2.51. The summed E-state index contributed by atoms with van der Waals surface area (Å²) in [6.07, 6.45) is 9.06. The van der Waals surface area contributed by atoms with E-state index in [2.05, 4.69) is 67.5 Å². The van der Waals surface area contributed by atoms with Gasteiger partial charge in [-0.2, -0.15) is 0 Å². The van der Waals surface area contributed by atoms with Crippen LogP contribution >= 0.6 is 19.9 Å². The van der Waals surface area contributed by atoms with E-state index in [9.17, 15) is 5.11 Å². The molecule has 3 aromatic carbocycles. The molecule has 4 heterocycles. The van der Waals surface area contributed by atoms with Crippen molar-refractivity contribution in [3.63, 3.8) is 0 Å². The molecule has 3 aromatic heterocycles. The monoisotopic (exact) mass is 887 g/mol. The van der Waals surface area contributed by atoms with Gasteiger partial charge in [-0.15, -0.1) is 11.3 Å². The minimum Gasteiger partial charge on any atom is -0.497 e. The van der Waals surface area contributed by atoms with Crippen molar-refractivity contribution >= 4 is 31.0 Å². The standard InChI is InChI=1S/C50H58N5O6PS/c1-34(2)55(35(3)4)62(59-33-51-5)61-44-29-47(54-32-53-48-43(26-27-52-49(48)54)46-25-24-42(63-46)28-36-12-10-11-13-36)60-45(44)31-58-50(38-14-8-7-9-15-38,39-18-16-37(30-56)17-19-39)40-20-22-41(57-6)23-21-40/h7-9,14-27,32,34-36,44-45,47,56H,10-13,28-31,33H2,1-4,6H3/t44-,45-,47-,50?,62?/m1/s1. The minimum atomic E-state index is -1.67. The molecule has 0 amide bonds. The van der Waals surface area contributed by atoms with E-state index in [0.29, 0.717) is 6.42 Å². The molecule has 330 valence electrons. The molecule has 0 radical (unpaired) electrons. The zero-order valence-electron chi connectivity index (χ0n) is 36.8. The molecule has 1 aliphatic heterocycles. The summed E-state index contributed by atoms with van der Waals surface area (Å²) in [6, 6.07) is 32.8. The predicted molar refractivity (Wildman–Crippen MR) is 249 cm³/mol. The third-order valence-corrected chi connectivity index (χ3v) is 15.5. The first-order valence-corrected chi connectivity index (χ1v) is 24.0. The number of aliphatic hydroxyl groups excluding tert-OH is 1. The Hall–Kier alpha value is -4.54.